The highest BCUT2D eigenvalue weighted by Gasteiger charge is 2.35. The second kappa shape index (κ2) is 10.9. The van der Waals surface area contributed by atoms with Gasteiger partial charge in [-0.15, -0.1) is 0 Å². The van der Waals surface area contributed by atoms with Crippen LogP contribution in [0.25, 0.3) is 60.7 Å². The largest absolute Gasteiger partial charge is 0.456 e. The first-order chi connectivity index (χ1) is 23.8. The zero-order valence-corrected chi connectivity index (χ0v) is 26.7. The third-order valence-corrected chi connectivity index (χ3v) is 10.8. The fourth-order valence-electron chi connectivity index (χ4n) is 7.26. The van der Waals surface area contributed by atoms with E-state index in [4.69, 9.17) is 9.41 Å². The molecule has 3 heterocycles. The Bertz CT molecular complexity index is 2610. The molecule has 1 aromatic heterocycles. The van der Waals surface area contributed by atoms with Crippen molar-refractivity contribution in [1.82, 2.24) is 5.32 Å². The summed E-state index contributed by atoms with van der Waals surface area (Å²) in [4.78, 5) is 7.91. The van der Waals surface area contributed by atoms with E-state index in [2.05, 4.69) is 163 Å². The standard InChI is InChI=1S/C44H28N2OS/c1-2-10-27(11-3-1)28-20-22-30(23-21-28)41-43-42(35-15-6-7-19-39(35)48-43)46-44(45-41)36-17-9-18-37-40(36)34-25-24-31(26-38(34)47-37)33-16-8-13-29-12-4-5-14-32(29)33/h1-26,42H,(H,45,46). The number of amidine groups is 1. The van der Waals surface area contributed by atoms with Crippen LogP contribution in [-0.2, 0) is 0 Å². The van der Waals surface area contributed by atoms with Gasteiger partial charge in [0.1, 0.15) is 17.0 Å². The van der Waals surface area contributed by atoms with E-state index in [-0.39, 0.29) is 6.04 Å². The topological polar surface area (TPSA) is 37.5 Å². The van der Waals surface area contributed by atoms with E-state index < -0.39 is 0 Å². The molecule has 0 saturated heterocycles. The van der Waals surface area contributed by atoms with Crippen molar-refractivity contribution in [2.75, 3.05) is 0 Å². The molecule has 2 aliphatic rings. The minimum atomic E-state index is 0.0221. The Morgan fingerprint density at radius 3 is 2.17 bits per heavy atom. The number of hydrogen-bond acceptors (Lipinski definition) is 4. The van der Waals surface area contributed by atoms with E-state index >= 15 is 0 Å². The molecule has 8 aromatic rings. The zero-order valence-electron chi connectivity index (χ0n) is 25.9. The molecule has 0 saturated carbocycles. The number of nitrogens with zero attached hydrogens (tertiary/aromatic N) is 1. The van der Waals surface area contributed by atoms with Crippen LogP contribution < -0.4 is 5.32 Å². The smallest absolute Gasteiger partial charge is 0.136 e. The summed E-state index contributed by atoms with van der Waals surface area (Å²) in [6, 6.07) is 56.0. The van der Waals surface area contributed by atoms with E-state index in [1.807, 2.05) is 11.8 Å². The summed E-state index contributed by atoms with van der Waals surface area (Å²) in [5.74, 6) is 0.856. The van der Waals surface area contributed by atoms with Crippen molar-refractivity contribution >= 4 is 56.0 Å². The van der Waals surface area contributed by atoms with Gasteiger partial charge in [0, 0.05) is 31.7 Å². The van der Waals surface area contributed by atoms with Crippen molar-refractivity contribution < 1.29 is 4.42 Å². The van der Waals surface area contributed by atoms with Crippen LogP contribution in [0, 0.1) is 0 Å². The fraction of sp³-hybridized carbons (Fsp3) is 0.0227. The number of rotatable bonds is 4. The lowest BCUT2D eigenvalue weighted by Gasteiger charge is -2.25. The van der Waals surface area contributed by atoms with Crippen molar-refractivity contribution in [3.63, 3.8) is 0 Å². The first-order valence-electron chi connectivity index (χ1n) is 16.2. The Labute approximate surface area is 282 Å². The monoisotopic (exact) mass is 632 g/mol. The van der Waals surface area contributed by atoms with Crippen molar-refractivity contribution in [2.24, 2.45) is 4.99 Å². The zero-order chi connectivity index (χ0) is 31.6. The summed E-state index contributed by atoms with van der Waals surface area (Å²) in [6.45, 7) is 0. The van der Waals surface area contributed by atoms with E-state index in [1.165, 1.54) is 42.8 Å². The Morgan fingerprint density at radius 1 is 0.542 bits per heavy atom. The van der Waals surface area contributed by atoms with Gasteiger partial charge >= 0.3 is 0 Å². The molecule has 0 bridgehead atoms. The Hall–Kier alpha value is -5.84. The third-order valence-electron chi connectivity index (χ3n) is 9.57. The maximum atomic E-state index is 6.57. The van der Waals surface area contributed by atoms with Gasteiger partial charge in [0.25, 0.3) is 0 Å². The molecule has 0 aliphatic carbocycles. The molecular formula is C44H28N2OS. The Balaban J connectivity index is 1.12. The molecule has 0 amide bonds. The van der Waals surface area contributed by atoms with Crippen molar-refractivity contribution in [3.05, 3.63) is 179 Å². The normalized spacial score (nSPS) is 15.4. The second-order valence-corrected chi connectivity index (χ2v) is 13.4. The number of furan rings is 1. The third kappa shape index (κ3) is 4.34. The number of aliphatic imine (C=N–C) groups is 1. The van der Waals surface area contributed by atoms with Crippen LogP contribution in [-0.4, -0.2) is 5.84 Å². The highest BCUT2D eigenvalue weighted by Crippen LogP contribution is 2.52. The van der Waals surface area contributed by atoms with Gasteiger partial charge in [-0.25, -0.2) is 4.99 Å². The Kier molecular flexibility index (Phi) is 6.18. The SMILES string of the molecule is c1ccc(-c2ccc(C3=C4Sc5ccccc5C4NC(c4cccc5oc6cc(-c7cccc8ccccc78)ccc6c45)=N3)cc2)cc1. The molecule has 7 aromatic carbocycles. The average molecular weight is 633 g/mol. The van der Waals surface area contributed by atoms with Crippen LogP contribution in [0.5, 0.6) is 0 Å². The maximum Gasteiger partial charge on any atom is 0.136 e. The summed E-state index contributed by atoms with van der Waals surface area (Å²) >= 11 is 1.82. The molecule has 0 fully saturated rings. The molecule has 2 aliphatic heterocycles. The summed E-state index contributed by atoms with van der Waals surface area (Å²) < 4.78 is 6.57. The highest BCUT2D eigenvalue weighted by atomic mass is 32.2. The van der Waals surface area contributed by atoms with Gasteiger partial charge in [0.15, 0.2) is 0 Å². The highest BCUT2D eigenvalue weighted by molar-refractivity contribution is 8.03. The molecule has 4 heteroatoms. The van der Waals surface area contributed by atoms with Gasteiger partial charge < -0.3 is 9.73 Å². The van der Waals surface area contributed by atoms with E-state index in [0.29, 0.717) is 0 Å². The molecule has 1 unspecified atom stereocenters. The van der Waals surface area contributed by atoms with Crippen molar-refractivity contribution in [3.8, 4) is 22.3 Å². The first kappa shape index (κ1) is 27.3. The van der Waals surface area contributed by atoms with Crippen LogP contribution in [0.15, 0.2) is 177 Å². The molecule has 0 spiro atoms. The number of nitrogens with one attached hydrogen (secondary N) is 1. The number of benzene rings is 7. The predicted molar refractivity (Wildman–Crippen MR) is 200 cm³/mol. The minimum absolute atomic E-state index is 0.0221. The van der Waals surface area contributed by atoms with Gasteiger partial charge in [-0.1, -0.05) is 145 Å². The van der Waals surface area contributed by atoms with E-state index in [1.54, 1.807) is 0 Å². The second-order valence-electron chi connectivity index (χ2n) is 12.4. The molecular weight excluding hydrogens is 605 g/mol. The van der Waals surface area contributed by atoms with Crippen molar-refractivity contribution in [1.29, 1.82) is 0 Å². The molecule has 3 nitrogen and oxygen atoms in total. The van der Waals surface area contributed by atoms with Gasteiger partial charge in [-0.05, 0) is 62.9 Å². The van der Waals surface area contributed by atoms with Crippen molar-refractivity contribution in [2.45, 2.75) is 10.9 Å². The van der Waals surface area contributed by atoms with Gasteiger partial charge in [-0.3, -0.25) is 0 Å². The summed E-state index contributed by atoms with van der Waals surface area (Å²) in [6.07, 6.45) is 0. The van der Waals surface area contributed by atoms with Crippen LogP contribution in [0.2, 0.25) is 0 Å². The minimum Gasteiger partial charge on any atom is -0.456 e. The molecule has 10 rings (SSSR count). The Morgan fingerprint density at radius 2 is 1.25 bits per heavy atom. The average Bonchev–Trinajstić information content (AvgIpc) is 3.73. The van der Waals surface area contributed by atoms with Crippen LogP contribution in [0.3, 0.4) is 0 Å². The summed E-state index contributed by atoms with van der Waals surface area (Å²) in [7, 11) is 0. The summed E-state index contributed by atoms with van der Waals surface area (Å²) in [5.41, 5.74) is 10.9. The lowest BCUT2D eigenvalue weighted by molar-refractivity contribution is 0.669. The van der Waals surface area contributed by atoms with Gasteiger partial charge in [0.2, 0.25) is 0 Å². The fourth-order valence-corrected chi connectivity index (χ4v) is 8.51. The molecule has 1 atom stereocenters. The van der Waals surface area contributed by atoms with E-state index in [0.717, 1.165) is 50.2 Å². The molecule has 48 heavy (non-hydrogen) atoms. The number of fused-ring (bicyclic) bond motifs is 7. The molecule has 0 radical (unpaired) electrons. The molecule has 226 valence electrons. The summed E-state index contributed by atoms with van der Waals surface area (Å²) in [5, 5.41) is 8.48. The van der Waals surface area contributed by atoms with E-state index in [9.17, 15) is 0 Å². The van der Waals surface area contributed by atoms with Gasteiger partial charge in [-0.2, -0.15) is 0 Å². The lowest BCUT2D eigenvalue weighted by Crippen LogP contribution is -2.32. The van der Waals surface area contributed by atoms with Crippen LogP contribution >= 0.6 is 11.8 Å². The lowest BCUT2D eigenvalue weighted by atomic mass is 9.96. The van der Waals surface area contributed by atoms with Crippen LogP contribution in [0.1, 0.15) is 22.7 Å². The first-order valence-corrected chi connectivity index (χ1v) is 17.1. The van der Waals surface area contributed by atoms with Crippen LogP contribution in [0.4, 0.5) is 0 Å². The number of hydrogen-bond donors (Lipinski definition) is 1. The molecule has 1 N–H and O–H groups in total. The predicted octanol–water partition coefficient (Wildman–Crippen LogP) is 11.6. The number of thioether (sulfide) groups is 1. The maximum absolute atomic E-state index is 6.57. The van der Waals surface area contributed by atoms with Gasteiger partial charge in [0.05, 0.1) is 11.7 Å². The quantitative estimate of drug-likeness (QED) is 0.210.